The molecule has 0 saturated heterocycles. The summed E-state index contributed by atoms with van der Waals surface area (Å²) in [5.41, 5.74) is 6.48. The number of pyridine rings is 2. The first-order valence-electron chi connectivity index (χ1n) is 14.6. The van der Waals surface area contributed by atoms with Gasteiger partial charge in [-0.1, -0.05) is 42.5 Å². The standard InChI is InChI=1S/C35H34N6O3/c1-40(2)21-24-12-14-29-26(17-24)20-37-33(38-29)32-27-13-11-23(18-30(27)39-34(32)43)7-3-4-10-31(42)28-9-6-16-41(35(28)44)22-25-8-5-15-36-19-25/h3,5-9,11-19,39,43H,4,10,20-22H2,1-2H3,(H,37,38)/b7-3+. The molecule has 5 aromatic rings. The SMILES string of the molecule is CN(C)Cc1ccc2c(c1)CN=C(c1c(O)[nH]c3cc(/C=C/CCC(=O)c4cccn(Cc5cccnc5)c4=O)ccc13)N2. The Hall–Kier alpha value is -5.28. The molecule has 3 aromatic heterocycles. The van der Waals surface area contributed by atoms with E-state index in [1.54, 1.807) is 30.7 Å². The van der Waals surface area contributed by atoms with E-state index in [2.05, 4.69) is 38.4 Å². The maximum Gasteiger partial charge on any atom is 0.261 e. The quantitative estimate of drug-likeness (QED) is 0.184. The Morgan fingerprint density at radius 3 is 2.80 bits per heavy atom. The molecule has 9 heteroatoms. The predicted octanol–water partition coefficient (Wildman–Crippen LogP) is 5.59. The molecule has 4 heterocycles. The number of nitrogens with zero attached hydrogens (tertiary/aromatic N) is 4. The van der Waals surface area contributed by atoms with Crippen molar-refractivity contribution >= 4 is 34.3 Å². The van der Waals surface area contributed by atoms with Crippen LogP contribution in [-0.2, 0) is 19.6 Å². The number of nitrogens with one attached hydrogen (secondary N) is 2. The second-order valence-electron chi connectivity index (χ2n) is 11.3. The number of H-pyrrole nitrogens is 1. The van der Waals surface area contributed by atoms with Crippen molar-refractivity contribution in [2.75, 3.05) is 19.4 Å². The van der Waals surface area contributed by atoms with E-state index in [1.165, 1.54) is 10.1 Å². The fourth-order valence-corrected chi connectivity index (χ4v) is 5.51. The van der Waals surface area contributed by atoms with Gasteiger partial charge in [-0.15, -0.1) is 0 Å². The number of aromatic amines is 1. The molecule has 44 heavy (non-hydrogen) atoms. The molecule has 0 radical (unpaired) electrons. The highest BCUT2D eigenvalue weighted by Gasteiger charge is 2.21. The van der Waals surface area contributed by atoms with Crippen molar-refractivity contribution in [3.8, 4) is 5.88 Å². The van der Waals surface area contributed by atoms with E-state index >= 15 is 0 Å². The van der Waals surface area contributed by atoms with Gasteiger partial charge in [0.1, 0.15) is 5.84 Å². The molecule has 0 aliphatic carbocycles. The number of aliphatic imine (C=N–C) groups is 1. The molecule has 6 rings (SSSR count). The normalized spacial score (nSPS) is 12.8. The zero-order chi connectivity index (χ0) is 30.6. The molecule has 0 unspecified atom stereocenters. The Morgan fingerprint density at radius 1 is 1.09 bits per heavy atom. The zero-order valence-corrected chi connectivity index (χ0v) is 24.7. The molecule has 0 fully saturated rings. The Kier molecular flexibility index (Phi) is 8.21. The Bertz CT molecular complexity index is 1950. The predicted molar refractivity (Wildman–Crippen MR) is 174 cm³/mol. The first-order valence-corrected chi connectivity index (χ1v) is 14.6. The van der Waals surface area contributed by atoms with Gasteiger partial charge in [0.15, 0.2) is 5.78 Å². The van der Waals surface area contributed by atoms with Crippen LogP contribution in [0.5, 0.6) is 5.88 Å². The molecular weight excluding hydrogens is 552 g/mol. The van der Waals surface area contributed by atoms with Crippen LogP contribution in [0, 0.1) is 0 Å². The Labute approximate surface area is 255 Å². The van der Waals surface area contributed by atoms with E-state index in [9.17, 15) is 14.7 Å². The van der Waals surface area contributed by atoms with E-state index in [0.717, 1.165) is 39.8 Å². The number of aromatic hydroxyl groups is 1. The Morgan fingerprint density at radius 2 is 1.98 bits per heavy atom. The number of allylic oxidation sites excluding steroid dienone is 1. The number of hydrogen-bond acceptors (Lipinski definition) is 7. The fraction of sp³-hybridized carbons (Fsp3) is 0.200. The second-order valence-corrected chi connectivity index (χ2v) is 11.3. The third-order valence-corrected chi connectivity index (χ3v) is 7.61. The van der Waals surface area contributed by atoms with Crippen LogP contribution >= 0.6 is 0 Å². The smallest absolute Gasteiger partial charge is 0.261 e. The topological polar surface area (TPSA) is 116 Å². The van der Waals surface area contributed by atoms with Crippen molar-refractivity contribution in [3.63, 3.8) is 0 Å². The maximum absolute atomic E-state index is 12.9. The molecule has 0 saturated carbocycles. The second kappa shape index (κ2) is 12.5. The lowest BCUT2D eigenvalue weighted by atomic mass is 10.0. The summed E-state index contributed by atoms with van der Waals surface area (Å²) in [5.74, 6) is 0.498. The number of rotatable bonds is 10. The van der Waals surface area contributed by atoms with Crippen LogP contribution in [0.3, 0.4) is 0 Å². The monoisotopic (exact) mass is 586 g/mol. The lowest BCUT2D eigenvalue weighted by Crippen LogP contribution is -2.26. The van der Waals surface area contributed by atoms with Crippen LogP contribution in [-0.4, -0.2) is 50.3 Å². The van der Waals surface area contributed by atoms with Gasteiger partial charge < -0.3 is 24.9 Å². The minimum Gasteiger partial charge on any atom is -0.494 e. The number of carbonyl (C=O) groups excluding carboxylic acids is 1. The largest absolute Gasteiger partial charge is 0.494 e. The van der Waals surface area contributed by atoms with Crippen molar-refractivity contribution in [1.82, 2.24) is 19.4 Å². The van der Waals surface area contributed by atoms with Crippen LogP contribution in [0.25, 0.3) is 17.0 Å². The van der Waals surface area contributed by atoms with Crippen LogP contribution in [0.1, 0.15) is 51.0 Å². The van der Waals surface area contributed by atoms with Crippen LogP contribution < -0.4 is 10.9 Å². The first kappa shape index (κ1) is 28.8. The van der Waals surface area contributed by atoms with E-state index in [0.29, 0.717) is 30.9 Å². The van der Waals surface area contributed by atoms with Crippen molar-refractivity contribution < 1.29 is 9.90 Å². The van der Waals surface area contributed by atoms with Crippen molar-refractivity contribution in [3.05, 3.63) is 129 Å². The van der Waals surface area contributed by atoms with E-state index in [1.807, 2.05) is 56.6 Å². The summed E-state index contributed by atoms with van der Waals surface area (Å²) in [5, 5.41) is 15.1. The molecule has 9 nitrogen and oxygen atoms in total. The molecule has 0 spiro atoms. The zero-order valence-electron chi connectivity index (χ0n) is 24.7. The summed E-state index contributed by atoms with van der Waals surface area (Å²) in [6, 6.07) is 19.3. The number of ketones is 1. The minimum atomic E-state index is -0.298. The highest BCUT2D eigenvalue weighted by Crippen LogP contribution is 2.32. The van der Waals surface area contributed by atoms with Gasteiger partial charge in [0, 0.05) is 48.1 Å². The summed E-state index contributed by atoms with van der Waals surface area (Å²) in [4.78, 5) is 39.8. The number of benzene rings is 2. The van der Waals surface area contributed by atoms with Gasteiger partial charge in [0.25, 0.3) is 5.56 Å². The molecule has 2 aromatic carbocycles. The van der Waals surface area contributed by atoms with Crippen molar-refractivity contribution in [1.29, 1.82) is 0 Å². The number of fused-ring (bicyclic) bond motifs is 2. The summed E-state index contributed by atoms with van der Waals surface area (Å²) in [6.45, 7) is 1.76. The molecule has 1 aliphatic rings. The number of hydrogen-bond donors (Lipinski definition) is 3. The van der Waals surface area contributed by atoms with Gasteiger partial charge in [-0.2, -0.15) is 0 Å². The number of anilines is 1. The van der Waals surface area contributed by atoms with Crippen molar-refractivity contribution in [2.45, 2.75) is 32.5 Å². The lowest BCUT2D eigenvalue weighted by Gasteiger charge is -2.20. The third kappa shape index (κ3) is 6.23. The maximum atomic E-state index is 12.9. The summed E-state index contributed by atoms with van der Waals surface area (Å²) < 4.78 is 1.53. The average molecular weight is 587 g/mol. The number of Topliss-reactive ketones (excluding diaryl/α,β-unsaturated/α-hetero) is 1. The van der Waals surface area contributed by atoms with Crippen LogP contribution in [0.2, 0.25) is 0 Å². The molecular formula is C35H34N6O3. The highest BCUT2D eigenvalue weighted by atomic mass is 16.3. The Balaban J connectivity index is 1.11. The number of amidine groups is 1. The summed E-state index contributed by atoms with van der Waals surface area (Å²) in [6.07, 6.45) is 9.65. The number of aromatic nitrogens is 3. The first-order chi connectivity index (χ1) is 21.4. The lowest BCUT2D eigenvalue weighted by molar-refractivity contribution is 0.0981. The highest BCUT2D eigenvalue weighted by molar-refractivity contribution is 6.18. The van der Waals surface area contributed by atoms with Crippen molar-refractivity contribution in [2.24, 2.45) is 4.99 Å². The molecule has 0 bridgehead atoms. The minimum absolute atomic E-state index is 0.0581. The van der Waals surface area contributed by atoms with Gasteiger partial charge in [-0.25, -0.2) is 0 Å². The molecule has 1 aliphatic heterocycles. The van der Waals surface area contributed by atoms with Crippen LogP contribution in [0.15, 0.2) is 95.1 Å². The van der Waals surface area contributed by atoms with Crippen LogP contribution in [0.4, 0.5) is 5.69 Å². The summed E-state index contributed by atoms with van der Waals surface area (Å²) >= 11 is 0. The molecule has 0 amide bonds. The molecule has 222 valence electrons. The number of carbonyl (C=O) groups is 1. The van der Waals surface area contributed by atoms with Gasteiger partial charge in [-0.3, -0.25) is 19.6 Å². The fourth-order valence-electron chi connectivity index (χ4n) is 5.51. The van der Waals surface area contributed by atoms with Gasteiger partial charge in [-0.05, 0) is 73.1 Å². The molecule has 3 N–H and O–H groups in total. The summed E-state index contributed by atoms with van der Waals surface area (Å²) in [7, 11) is 4.10. The third-order valence-electron chi connectivity index (χ3n) is 7.61. The average Bonchev–Trinajstić information content (AvgIpc) is 3.35. The van der Waals surface area contributed by atoms with Gasteiger partial charge in [0.2, 0.25) is 5.88 Å². The molecule has 0 atom stereocenters. The van der Waals surface area contributed by atoms with E-state index in [-0.39, 0.29) is 29.2 Å². The van der Waals surface area contributed by atoms with E-state index < -0.39 is 0 Å². The van der Waals surface area contributed by atoms with Gasteiger partial charge >= 0.3 is 0 Å². The van der Waals surface area contributed by atoms with E-state index in [4.69, 9.17) is 4.99 Å². The van der Waals surface area contributed by atoms with Gasteiger partial charge in [0.05, 0.1) is 24.2 Å².